The van der Waals surface area contributed by atoms with Crippen LogP contribution in [-0.2, 0) is 32.7 Å². The molecule has 0 radical (unpaired) electrons. The number of carbonyl (C=O) groups is 2. The minimum atomic E-state index is -4.65. The molecule has 346 valence electrons. The van der Waals surface area contributed by atoms with E-state index in [0.717, 1.165) is 89.9 Å². The van der Waals surface area contributed by atoms with E-state index in [-0.39, 0.29) is 12.8 Å². The Morgan fingerprint density at radius 1 is 0.467 bits per heavy atom. The van der Waals surface area contributed by atoms with Crippen LogP contribution in [0.4, 0.5) is 0 Å². The summed E-state index contributed by atoms with van der Waals surface area (Å²) in [5, 5.41) is 19.2. The summed E-state index contributed by atoms with van der Waals surface area (Å²) in [4.78, 5) is 34.6. The Morgan fingerprint density at radius 2 is 0.783 bits per heavy atom. The highest BCUT2D eigenvalue weighted by molar-refractivity contribution is 7.47. The molecule has 3 N–H and O–H groups in total. The van der Waals surface area contributed by atoms with Gasteiger partial charge in [-0.2, -0.15) is 0 Å². The number of phosphoric acid groups is 1. The average molecular weight is 865 g/mol. The molecule has 3 unspecified atom stereocenters. The van der Waals surface area contributed by atoms with Gasteiger partial charge >= 0.3 is 19.8 Å². The zero-order valence-electron chi connectivity index (χ0n) is 37.6. The van der Waals surface area contributed by atoms with Crippen molar-refractivity contribution in [3.05, 3.63) is 72.9 Å². The number of ether oxygens (including phenoxy) is 2. The molecule has 0 aromatic carbocycles. The zero-order valence-corrected chi connectivity index (χ0v) is 38.5. The smallest absolute Gasteiger partial charge is 0.457 e. The highest BCUT2D eigenvalue weighted by Gasteiger charge is 2.27. The molecule has 0 aliphatic carbocycles. The van der Waals surface area contributed by atoms with Crippen molar-refractivity contribution >= 4 is 19.8 Å². The van der Waals surface area contributed by atoms with Gasteiger partial charge in [0, 0.05) is 12.8 Å². The lowest BCUT2D eigenvalue weighted by Crippen LogP contribution is -2.28. The minimum Gasteiger partial charge on any atom is -0.457 e. The van der Waals surface area contributed by atoms with Crippen LogP contribution in [0.25, 0.3) is 0 Å². The van der Waals surface area contributed by atoms with Gasteiger partial charge in [0.05, 0.1) is 26.4 Å². The van der Waals surface area contributed by atoms with E-state index in [2.05, 4.69) is 86.8 Å². The van der Waals surface area contributed by atoms with Crippen LogP contribution in [0.2, 0.25) is 0 Å². The molecule has 0 amide bonds. The number of hydrogen-bond acceptors (Lipinski definition) is 9. The predicted octanol–water partition coefficient (Wildman–Crippen LogP) is 12.8. The van der Waals surface area contributed by atoms with Crippen LogP contribution in [0, 0.1) is 0 Å². The predicted molar refractivity (Wildman–Crippen MR) is 247 cm³/mol. The lowest BCUT2D eigenvalue weighted by atomic mass is 10.1. The van der Waals surface area contributed by atoms with Gasteiger partial charge in [-0.15, -0.1) is 0 Å². The molecule has 0 aromatic rings. The number of esters is 2. The highest BCUT2D eigenvalue weighted by atomic mass is 31.2. The molecular weight excluding hydrogens is 780 g/mol. The van der Waals surface area contributed by atoms with Crippen molar-refractivity contribution < 1.29 is 47.8 Å². The van der Waals surface area contributed by atoms with Gasteiger partial charge in [-0.1, -0.05) is 164 Å². The number of carbonyl (C=O) groups excluding carboxylic acids is 2. The first-order valence-electron chi connectivity index (χ1n) is 23.4. The molecule has 3 atom stereocenters. The monoisotopic (exact) mass is 865 g/mol. The van der Waals surface area contributed by atoms with Gasteiger partial charge in [0.15, 0.2) is 0 Å². The minimum absolute atomic E-state index is 0.173. The quantitative estimate of drug-likeness (QED) is 0.0234. The lowest BCUT2D eigenvalue weighted by Gasteiger charge is -2.20. The van der Waals surface area contributed by atoms with Gasteiger partial charge < -0.3 is 24.6 Å². The number of aliphatic hydroxyl groups excluding tert-OH is 2. The Kier molecular flexibility index (Phi) is 42.5. The Labute approximate surface area is 365 Å². The maximum Gasteiger partial charge on any atom is 0.472 e. The molecule has 0 aromatic heterocycles. The molecule has 0 fully saturated rings. The second-order valence-electron chi connectivity index (χ2n) is 15.4. The van der Waals surface area contributed by atoms with E-state index in [1.54, 1.807) is 0 Å². The largest absolute Gasteiger partial charge is 0.472 e. The molecule has 0 rings (SSSR count). The summed E-state index contributed by atoms with van der Waals surface area (Å²) >= 11 is 0. The van der Waals surface area contributed by atoms with Crippen molar-refractivity contribution in [3.63, 3.8) is 0 Å². The number of aliphatic hydroxyl groups is 2. The molecule has 0 aliphatic heterocycles. The van der Waals surface area contributed by atoms with Gasteiger partial charge in [0.25, 0.3) is 0 Å². The second kappa shape index (κ2) is 44.5. The third kappa shape index (κ3) is 42.1. The van der Waals surface area contributed by atoms with Crippen molar-refractivity contribution in [2.24, 2.45) is 0 Å². The van der Waals surface area contributed by atoms with E-state index in [9.17, 15) is 29.3 Å². The third-order valence-corrected chi connectivity index (χ3v) is 10.6. The van der Waals surface area contributed by atoms with Gasteiger partial charge in [-0.25, -0.2) is 4.57 Å². The second-order valence-corrected chi connectivity index (χ2v) is 16.8. The van der Waals surface area contributed by atoms with Crippen LogP contribution in [-0.4, -0.2) is 65.7 Å². The zero-order chi connectivity index (χ0) is 44.0. The number of unbranched alkanes of at least 4 members (excludes halogenated alkanes) is 17. The lowest BCUT2D eigenvalue weighted by molar-refractivity contribution is -0.153. The van der Waals surface area contributed by atoms with Crippen LogP contribution < -0.4 is 0 Å². The Hall–Kier alpha value is -2.59. The normalized spacial score (nSPS) is 14.4. The fraction of sp³-hybridized carbons (Fsp3) is 0.714. The van der Waals surface area contributed by atoms with Crippen LogP contribution in [0.1, 0.15) is 187 Å². The van der Waals surface area contributed by atoms with Crippen molar-refractivity contribution in [1.82, 2.24) is 0 Å². The molecular formula is C49H85O10P. The van der Waals surface area contributed by atoms with E-state index in [0.29, 0.717) is 12.8 Å². The van der Waals surface area contributed by atoms with Crippen LogP contribution in [0.5, 0.6) is 0 Å². The van der Waals surface area contributed by atoms with Crippen LogP contribution in [0.3, 0.4) is 0 Å². The van der Waals surface area contributed by atoms with Gasteiger partial charge in [-0.05, 0) is 83.5 Å². The van der Waals surface area contributed by atoms with E-state index in [1.165, 1.54) is 57.8 Å². The number of phosphoric ester groups is 1. The van der Waals surface area contributed by atoms with Gasteiger partial charge in [0.1, 0.15) is 12.2 Å². The van der Waals surface area contributed by atoms with Crippen LogP contribution in [0.15, 0.2) is 72.9 Å². The summed E-state index contributed by atoms with van der Waals surface area (Å²) in [7, 11) is -4.65. The molecule has 0 bridgehead atoms. The van der Waals surface area contributed by atoms with Gasteiger partial charge in [-0.3, -0.25) is 18.6 Å². The third-order valence-electron chi connectivity index (χ3n) is 9.65. The molecule has 0 saturated carbocycles. The summed E-state index contributed by atoms with van der Waals surface area (Å²) in [6, 6.07) is 0. The van der Waals surface area contributed by atoms with Crippen molar-refractivity contribution in [2.45, 2.75) is 199 Å². The fourth-order valence-electron chi connectivity index (χ4n) is 6.08. The standard InChI is InChI=1S/C49H85O10P/c1-3-5-7-9-11-13-15-17-19-21-22-23-24-25-27-29-31-33-35-37-39-41-49(53)59-47(43-51)45-57-60(54,55)56-44-46(42-50)58-48(52)40-38-36-34-32-30-28-26-20-18-16-14-12-10-8-6-4-2/h5,7,11,13-14,16-17,19-20,22-23,26,46-47,50-51H,3-4,6,8-10,12,15,18,21,24-25,27-45H2,1-2H3,(H,54,55)/b7-5-,13-11-,16-14-,19-17-,23-22-,26-20-. The highest BCUT2D eigenvalue weighted by Crippen LogP contribution is 2.43. The molecule has 10 nitrogen and oxygen atoms in total. The Bertz CT molecular complexity index is 1220. The summed E-state index contributed by atoms with van der Waals surface area (Å²) < 4.78 is 32.6. The number of rotatable bonds is 43. The number of hydrogen-bond donors (Lipinski definition) is 3. The Balaban J connectivity index is 3.92. The van der Waals surface area contributed by atoms with E-state index in [4.69, 9.17) is 18.5 Å². The summed E-state index contributed by atoms with van der Waals surface area (Å²) in [6.07, 6.45) is 51.5. The molecule has 0 spiro atoms. The maximum absolute atomic E-state index is 12.4. The Morgan fingerprint density at radius 3 is 1.13 bits per heavy atom. The fourth-order valence-corrected chi connectivity index (χ4v) is 6.86. The first-order valence-corrected chi connectivity index (χ1v) is 24.9. The summed E-state index contributed by atoms with van der Waals surface area (Å²) in [5.74, 6) is -1.04. The molecule has 0 saturated heterocycles. The van der Waals surface area contributed by atoms with Crippen molar-refractivity contribution in [1.29, 1.82) is 0 Å². The summed E-state index contributed by atoms with van der Waals surface area (Å²) in [5.41, 5.74) is 0. The van der Waals surface area contributed by atoms with Gasteiger partial charge in [0.2, 0.25) is 0 Å². The van der Waals surface area contributed by atoms with E-state index < -0.39 is 58.4 Å². The van der Waals surface area contributed by atoms with E-state index >= 15 is 0 Å². The SMILES string of the molecule is CC/C=C\C/C=C\C/C=C\C/C=C\CCCCCCCCCCC(=O)OC(CO)COP(=O)(O)OCC(CO)OC(=O)CCCCCCC/C=C\C/C=C\CCCCCC. The van der Waals surface area contributed by atoms with Crippen LogP contribution >= 0.6 is 7.82 Å². The first-order chi connectivity index (χ1) is 29.3. The van der Waals surface area contributed by atoms with E-state index in [1.807, 2.05) is 0 Å². The topological polar surface area (TPSA) is 149 Å². The summed E-state index contributed by atoms with van der Waals surface area (Å²) in [6.45, 7) is 2.05. The molecule has 0 heterocycles. The maximum atomic E-state index is 12.4. The number of allylic oxidation sites excluding steroid dienone is 12. The molecule has 11 heteroatoms. The first kappa shape index (κ1) is 57.4. The van der Waals surface area contributed by atoms with Crippen molar-refractivity contribution in [3.8, 4) is 0 Å². The molecule has 0 aliphatic rings. The molecule has 60 heavy (non-hydrogen) atoms. The van der Waals surface area contributed by atoms with Crippen molar-refractivity contribution in [2.75, 3.05) is 26.4 Å². The average Bonchev–Trinajstić information content (AvgIpc) is 3.24.